The molecule has 0 atom stereocenters. The third kappa shape index (κ3) is 3.99. The maximum Gasteiger partial charge on any atom is 0.176 e. The fourth-order valence-corrected chi connectivity index (χ4v) is 1.52. The number of carbonyl (C=O) groups is 1. The molecule has 1 rings (SSSR count). The van der Waals surface area contributed by atoms with E-state index in [1.165, 1.54) is 0 Å². The molecular weight excluding hydrogens is 216 g/mol. The van der Waals surface area contributed by atoms with Gasteiger partial charge in [-0.3, -0.25) is 9.69 Å². The molecule has 4 heteroatoms. The number of benzene rings is 1. The van der Waals surface area contributed by atoms with E-state index in [1.54, 1.807) is 24.3 Å². The van der Waals surface area contributed by atoms with E-state index in [-0.39, 0.29) is 12.4 Å². The number of ketones is 1. The minimum Gasteiger partial charge on any atom is -0.395 e. The van der Waals surface area contributed by atoms with Crippen molar-refractivity contribution in [2.75, 3.05) is 26.2 Å². The molecule has 4 nitrogen and oxygen atoms in total. The number of aliphatic hydroxyl groups excluding tert-OH is 1. The van der Waals surface area contributed by atoms with Crippen LogP contribution in [-0.2, 0) is 0 Å². The average Bonchev–Trinajstić information content (AvgIpc) is 2.38. The minimum absolute atomic E-state index is 0.00443. The molecule has 90 valence electrons. The van der Waals surface area contributed by atoms with E-state index in [1.807, 2.05) is 17.9 Å². The van der Waals surface area contributed by atoms with Crippen molar-refractivity contribution in [1.82, 2.24) is 4.90 Å². The molecule has 0 saturated heterocycles. The standard InChI is InChI=1S/C13H16N2O2/c1-2-15(7-8-16)10-13(17)12-5-3-11(9-14)4-6-12/h3-6,16H,2,7-8,10H2,1H3. The van der Waals surface area contributed by atoms with Gasteiger partial charge in [-0.2, -0.15) is 5.26 Å². The Kier molecular flexibility index (Phi) is 5.34. The molecule has 1 aromatic carbocycles. The van der Waals surface area contributed by atoms with Crippen LogP contribution in [0.3, 0.4) is 0 Å². The summed E-state index contributed by atoms with van der Waals surface area (Å²) in [6, 6.07) is 8.60. The van der Waals surface area contributed by atoms with Crippen molar-refractivity contribution in [2.24, 2.45) is 0 Å². The van der Waals surface area contributed by atoms with E-state index in [9.17, 15) is 4.79 Å². The highest BCUT2D eigenvalue weighted by Crippen LogP contribution is 2.05. The molecule has 0 aliphatic carbocycles. The first-order valence-corrected chi connectivity index (χ1v) is 5.57. The molecule has 0 radical (unpaired) electrons. The summed E-state index contributed by atoms with van der Waals surface area (Å²) in [5.74, 6) is 0.00443. The number of hydrogen-bond donors (Lipinski definition) is 1. The Morgan fingerprint density at radius 2 is 2.06 bits per heavy atom. The predicted molar refractivity (Wildman–Crippen MR) is 64.7 cm³/mol. The minimum atomic E-state index is 0.00443. The normalized spacial score (nSPS) is 10.2. The van der Waals surface area contributed by atoms with Crippen LogP contribution in [0.1, 0.15) is 22.8 Å². The highest BCUT2D eigenvalue weighted by Gasteiger charge is 2.10. The van der Waals surface area contributed by atoms with Gasteiger partial charge in [-0.1, -0.05) is 19.1 Å². The average molecular weight is 232 g/mol. The van der Waals surface area contributed by atoms with Crippen LogP contribution >= 0.6 is 0 Å². The molecule has 0 aliphatic heterocycles. The predicted octanol–water partition coefficient (Wildman–Crippen LogP) is 1.06. The van der Waals surface area contributed by atoms with Gasteiger partial charge in [0.15, 0.2) is 5.78 Å². The summed E-state index contributed by atoms with van der Waals surface area (Å²) < 4.78 is 0. The lowest BCUT2D eigenvalue weighted by Crippen LogP contribution is -2.32. The molecule has 1 aromatic rings. The van der Waals surface area contributed by atoms with Gasteiger partial charge in [-0.15, -0.1) is 0 Å². The van der Waals surface area contributed by atoms with Gasteiger partial charge in [-0.05, 0) is 18.7 Å². The molecule has 17 heavy (non-hydrogen) atoms. The fourth-order valence-electron chi connectivity index (χ4n) is 1.52. The lowest BCUT2D eigenvalue weighted by Gasteiger charge is -2.17. The van der Waals surface area contributed by atoms with Crippen molar-refractivity contribution >= 4 is 5.78 Å². The maximum atomic E-state index is 11.9. The lowest BCUT2D eigenvalue weighted by molar-refractivity contribution is 0.0919. The van der Waals surface area contributed by atoms with Gasteiger partial charge in [0.2, 0.25) is 0 Å². The zero-order valence-corrected chi connectivity index (χ0v) is 9.89. The lowest BCUT2D eigenvalue weighted by atomic mass is 10.1. The smallest absolute Gasteiger partial charge is 0.176 e. The highest BCUT2D eigenvalue weighted by molar-refractivity contribution is 5.97. The number of hydrogen-bond acceptors (Lipinski definition) is 4. The second-order valence-corrected chi connectivity index (χ2v) is 3.70. The number of rotatable bonds is 6. The summed E-state index contributed by atoms with van der Waals surface area (Å²) in [5.41, 5.74) is 1.14. The van der Waals surface area contributed by atoms with Crippen LogP contribution in [0.4, 0.5) is 0 Å². The summed E-state index contributed by atoms with van der Waals surface area (Å²) >= 11 is 0. The van der Waals surface area contributed by atoms with E-state index in [4.69, 9.17) is 10.4 Å². The second-order valence-electron chi connectivity index (χ2n) is 3.70. The van der Waals surface area contributed by atoms with Gasteiger partial charge in [-0.25, -0.2) is 0 Å². The van der Waals surface area contributed by atoms with Crippen LogP contribution in [0, 0.1) is 11.3 Å². The molecule has 0 heterocycles. The van der Waals surface area contributed by atoms with E-state index < -0.39 is 0 Å². The Morgan fingerprint density at radius 3 is 2.53 bits per heavy atom. The zero-order chi connectivity index (χ0) is 12.7. The van der Waals surface area contributed by atoms with Gasteiger partial charge in [0, 0.05) is 12.1 Å². The number of aliphatic hydroxyl groups is 1. The Morgan fingerprint density at radius 1 is 1.41 bits per heavy atom. The van der Waals surface area contributed by atoms with Gasteiger partial charge in [0.1, 0.15) is 0 Å². The topological polar surface area (TPSA) is 64.3 Å². The van der Waals surface area contributed by atoms with Crippen molar-refractivity contribution < 1.29 is 9.90 Å². The third-order valence-corrected chi connectivity index (χ3v) is 2.57. The Labute approximate surface area is 101 Å². The molecule has 0 aliphatic rings. The first kappa shape index (κ1) is 13.4. The van der Waals surface area contributed by atoms with Crippen LogP contribution in [0.25, 0.3) is 0 Å². The van der Waals surface area contributed by atoms with Crippen molar-refractivity contribution in [3.63, 3.8) is 0 Å². The van der Waals surface area contributed by atoms with Crippen molar-refractivity contribution in [3.05, 3.63) is 35.4 Å². The van der Waals surface area contributed by atoms with Gasteiger partial charge >= 0.3 is 0 Å². The largest absolute Gasteiger partial charge is 0.395 e. The van der Waals surface area contributed by atoms with Crippen LogP contribution in [0.2, 0.25) is 0 Å². The second kappa shape index (κ2) is 6.79. The molecular formula is C13H16N2O2. The van der Waals surface area contributed by atoms with Gasteiger partial charge < -0.3 is 5.11 Å². The summed E-state index contributed by atoms with van der Waals surface area (Å²) in [6.07, 6.45) is 0. The summed E-state index contributed by atoms with van der Waals surface area (Å²) in [7, 11) is 0. The number of nitriles is 1. The Bertz CT molecular complexity index is 406. The van der Waals surface area contributed by atoms with E-state index >= 15 is 0 Å². The summed E-state index contributed by atoms with van der Waals surface area (Å²) in [6.45, 7) is 3.51. The first-order chi connectivity index (χ1) is 8.21. The van der Waals surface area contributed by atoms with Crippen LogP contribution in [-0.4, -0.2) is 42.0 Å². The van der Waals surface area contributed by atoms with Crippen LogP contribution < -0.4 is 0 Å². The van der Waals surface area contributed by atoms with Gasteiger partial charge in [0.25, 0.3) is 0 Å². The van der Waals surface area contributed by atoms with Crippen molar-refractivity contribution in [1.29, 1.82) is 5.26 Å². The number of likely N-dealkylation sites (N-methyl/N-ethyl adjacent to an activating group) is 1. The van der Waals surface area contributed by atoms with E-state index in [2.05, 4.69) is 0 Å². The first-order valence-electron chi connectivity index (χ1n) is 5.57. The zero-order valence-electron chi connectivity index (χ0n) is 9.89. The molecule has 0 saturated carbocycles. The molecule has 0 amide bonds. The van der Waals surface area contributed by atoms with E-state index in [0.717, 1.165) is 6.54 Å². The number of Topliss-reactive ketones (excluding diaryl/α,β-unsaturated/α-hetero) is 1. The molecule has 1 N–H and O–H groups in total. The highest BCUT2D eigenvalue weighted by atomic mass is 16.3. The van der Waals surface area contributed by atoms with Crippen molar-refractivity contribution in [2.45, 2.75) is 6.92 Å². The fraction of sp³-hybridized carbons (Fsp3) is 0.385. The molecule has 0 spiro atoms. The number of carbonyl (C=O) groups excluding carboxylic acids is 1. The Hall–Kier alpha value is -1.70. The third-order valence-electron chi connectivity index (χ3n) is 2.57. The molecule has 0 aromatic heterocycles. The van der Waals surface area contributed by atoms with Crippen LogP contribution in [0.15, 0.2) is 24.3 Å². The quantitative estimate of drug-likeness (QED) is 0.745. The van der Waals surface area contributed by atoms with E-state index in [0.29, 0.717) is 24.2 Å². The Balaban J connectivity index is 2.66. The maximum absolute atomic E-state index is 11.9. The summed E-state index contributed by atoms with van der Waals surface area (Å²) in [5, 5.41) is 17.5. The van der Waals surface area contributed by atoms with Crippen LogP contribution in [0.5, 0.6) is 0 Å². The molecule has 0 unspecified atom stereocenters. The monoisotopic (exact) mass is 232 g/mol. The SMILES string of the molecule is CCN(CCO)CC(=O)c1ccc(C#N)cc1. The molecule has 0 bridgehead atoms. The van der Waals surface area contributed by atoms with Gasteiger partial charge in [0.05, 0.1) is 24.8 Å². The number of nitrogens with zero attached hydrogens (tertiary/aromatic N) is 2. The molecule has 0 fully saturated rings. The van der Waals surface area contributed by atoms with Crippen molar-refractivity contribution in [3.8, 4) is 6.07 Å². The summed E-state index contributed by atoms with van der Waals surface area (Å²) in [4.78, 5) is 13.8.